The Kier molecular flexibility index (Phi) is 4.39. The first kappa shape index (κ1) is 17.3. The molecular weight excluding hydrogens is 354 g/mol. The van der Waals surface area contributed by atoms with Crippen LogP contribution in [0.25, 0.3) is 10.9 Å². The minimum Gasteiger partial charge on any atom is -0.348 e. The zero-order valence-corrected chi connectivity index (χ0v) is 14.3. The summed E-state index contributed by atoms with van der Waals surface area (Å²) in [6.07, 6.45) is -1.01. The van der Waals surface area contributed by atoms with Crippen molar-refractivity contribution in [3.63, 3.8) is 0 Å². The molecule has 8 heteroatoms. The molecule has 0 spiro atoms. The van der Waals surface area contributed by atoms with Crippen molar-refractivity contribution in [2.24, 2.45) is 0 Å². The summed E-state index contributed by atoms with van der Waals surface area (Å²) in [4.78, 5) is 20.9. The average Bonchev–Trinajstić information content (AvgIpc) is 3.50. The number of hydrogen-bond donors (Lipinski definition) is 0. The van der Waals surface area contributed by atoms with Crippen LogP contribution < -0.4 is 4.90 Å². The van der Waals surface area contributed by atoms with Crippen LogP contribution in [0.5, 0.6) is 0 Å². The molecule has 0 N–H and O–H groups in total. The third-order valence-electron chi connectivity index (χ3n) is 4.58. The second kappa shape index (κ2) is 6.86. The molecule has 1 aliphatic rings. The lowest BCUT2D eigenvalue weighted by atomic mass is 10.1. The Morgan fingerprint density at radius 1 is 1.11 bits per heavy atom. The highest BCUT2D eigenvalue weighted by atomic mass is 19.3. The number of fused-ring (bicyclic) bond motifs is 1. The SMILES string of the molecule is O=[N+]([O-])c1ccccc1CN(c1nc(C(F)F)nc2ccccc12)C1CC1. The van der Waals surface area contributed by atoms with Gasteiger partial charge in [0.25, 0.3) is 12.1 Å². The Bertz CT molecular complexity index is 1010. The van der Waals surface area contributed by atoms with Crippen molar-refractivity contribution in [2.75, 3.05) is 4.90 Å². The number of nitrogens with zero attached hydrogens (tertiary/aromatic N) is 4. The first-order valence-corrected chi connectivity index (χ1v) is 8.58. The van der Waals surface area contributed by atoms with Crippen LogP contribution in [0.15, 0.2) is 48.5 Å². The van der Waals surface area contributed by atoms with E-state index in [1.165, 1.54) is 6.07 Å². The molecule has 0 radical (unpaired) electrons. The van der Waals surface area contributed by atoms with Gasteiger partial charge in [-0.15, -0.1) is 0 Å². The van der Waals surface area contributed by atoms with Crippen molar-refractivity contribution in [3.05, 3.63) is 70.0 Å². The minimum absolute atomic E-state index is 0.00981. The molecule has 0 atom stereocenters. The van der Waals surface area contributed by atoms with Gasteiger partial charge in [-0.25, -0.2) is 18.7 Å². The number of hydrogen-bond acceptors (Lipinski definition) is 5. The number of rotatable bonds is 6. The maximum Gasteiger partial charge on any atom is 0.297 e. The third kappa shape index (κ3) is 3.42. The molecule has 0 aliphatic heterocycles. The molecule has 1 heterocycles. The van der Waals surface area contributed by atoms with E-state index in [2.05, 4.69) is 9.97 Å². The third-order valence-corrected chi connectivity index (χ3v) is 4.58. The van der Waals surface area contributed by atoms with E-state index in [4.69, 9.17) is 0 Å². The molecule has 6 nitrogen and oxygen atoms in total. The van der Waals surface area contributed by atoms with Crippen molar-refractivity contribution in [1.82, 2.24) is 9.97 Å². The first-order valence-electron chi connectivity index (χ1n) is 8.58. The zero-order valence-electron chi connectivity index (χ0n) is 14.3. The Hall–Kier alpha value is -3.16. The Labute approximate surface area is 153 Å². The summed E-state index contributed by atoms with van der Waals surface area (Å²) in [6, 6.07) is 13.6. The van der Waals surface area contributed by atoms with Crippen LogP contribution in [0.2, 0.25) is 0 Å². The van der Waals surface area contributed by atoms with Gasteiger partial charge in [-0.3, -0.25) is 10.1 Å². The van der Waals surface area contributed by atoms with Gasteiger partial charge in [-0.1, -0.05) is 30.3 Å². The molecule has 138 valence electrons. The summed E-state index contributed by atoms with van der Waals surface area (Å²) >= 11 is 0. The van der Waals surface area contributed by atoms with Gasteiger partial charge >= 0.3 is 0 Å². The standard InChI is InChI=1S/C19H16F2N4O2/c20-17(21)18-22-15-7-3-2-6-14(15)19(23-18)24(13-9-10-13)11-12-5-1-4-8-16(12)25(26)27/h1-8,13,17H,9-11H2. The second-order valence-electron chi connectivity index (χ2n) is 6.47. The van der Waals surface area contributed by atoms with Gasteiger partial charge < -0.3 is 4.90 Å². The predicted molar refractivity (Wildman–Crippen MR) is 96.8 cm³/mol. The molecule has 1 fully saturated rings. The lowest BCUT2D eigenvalue weighted by Crippen LogP contribution is -2.27. The average molecular weight is 370 g/mol. The summed E-state index contributed by atoms with van der Waals surface area (Å²) < 4.78 is 26.6. The first-order chi connectivity index (χ1) is 13.0. The number of anilines is 1. The van der Waals surface area contributed by atoms with Crippen LogP contribution in [0.1, 0.15) is 30.7 Å². The van der Waals surface area contributed by atoms with Crippen LogP contribution in [0.4, 0.5) is 20.3 Å². The fraction of sp³-hybridized carbons (Fsp3) is 0.263. The highest BCUT2D eigenvalue weighted by Crippen LogP contribution is 2.37. The lowest BCUT2D eigenvalue weighted by molar-refractivity contribution is -0.385. The van der Waals surface area contributed by atoms with Gasteiger partial charge in [-0.2, -0.15) is 0 Å². The number of nitro benzene ring substituents is 1. The molecule has 0 saturated heterocycles. The van der Waals surface area contributed by atoms with E-state index in [9.17, 15) is 18.9 Å². The number of benzene rings is 2. The van der Waals surface area contributed by atoms with Crippen molar-refractivity contribution in [2.45, 2.75) is 31.9 Å². The van der Waals surface area contributed by atoms with E-state index in [-0.39, 0.29) is 18.3 Å². The molecule has 0 amide bonds. The monoisotopic (exact) mass is 370 g/mol. The van der Waals surface area contributed by atoms with Crippen molar-refractivity contribution >= 4 is 22.4 Å². The highest BCUT2D eigenvalue weighted by Gasteiger charge is 2.33. The summed E-state index contributed by atoms with van der Waals surface area (Å²) in [5.74, 6) is -0.131. The lowest BCUT2D eigenvalue weighted by Gasteiger charge is -2.25. The molecule has 27 heavy (non-hydrogen) atoms. The minimum atomic E-state index is -2.79. The van der Waals surface area contributed by atoms with Gasteiger partial charge in [0.05, 0.1) is 17.0 Å². The summed E-state index contributed by atoms with van der Waals surface area (Å²) in [5, 5.41) is 12.0. The molecule has 1 saturated carbocycles. The van der Waals surface area contributed by atoms with E-state index in [0.29, 0.717) is 22.3 Å². The van der Waals surface area contributed by atoms with Gasteiger partial charge in [0, 0.05) is 23.1 Å². The molecular formula is C19H16F2N4O2. The van der Waals surface area contributed by atoms with E-state index < -0.39 is 17.2 Å². The predicted octanol–water partition coefficient (Wildman–Crippen LogP) is 4.64. The van der Waals surface area contributed by atoms with Crippen molar-refractivity contribution in [1.29, 1.82) is 0 Å². The molecule has 4 rings (SSSR count). The van der Waals surface area contributed by atoms with Gasteiger partial charge in [0.1, 0.15) is 5.82 Å². The van der Waals surface area contributed by atoms with E-state index in [1.54, 1.807) is 42.5 Å². The van der Waals surface area contributed by atoms with Crippen molar-refractivity contribution in [3.8, 4) is 0 Å². The maximum absolute atomic E-state index is 13.3. The largest absolute Gasteiger partial charge is 0.348 e. The zero-order chi connectivity index (χ0) is 19.0. The Morgan fingerprint density at radius 3 is 2.52 bits per heavy atom. The maximum atomic E-state index is 13.3. The second-order valence-corrected chi connectivity index (χ2v) is 6.47. The molecule has 0 unspecified atom stereocenters. The summed E-state index contributed by atoms with van der Waals surface area (Å²) in [5.41, 5.74) is 0.970. The van der Waals surface area contributed by atoms with Gasteiger partial charge in [0.15, 0.2) is 5.82 Å². The van der Waals surface area contributed by atoms with E-state index in [1.807, 2.05) is 4.90 Å². The quantitative estimate of drug-likeness (QED) is 0.467. The fourth-order valence-corrected chi connectivity index (χ4v) is 3.16. The summed E-state index contributed by atoms with van der Waals surface area (Å²) in [7, 11) is 0. The smallest absolute Gasteiger partial charge is 0.297 e. The number of aromatic nitrogens is 2. The van der Waals surface area contributed by atoms with E-state index >= 15 is 0 Å². The number of halogens is 2. The topological polar surface area (TPSA) is 72.2 Å². The molecule has 2 aromatic carbocycles. The number of para-hydroxylation sites is 2. The fourth-order valence-electron chi connectivity index (χ4n) is 3.16. The Morgan fingerprint density at radius 2 is 1.81 bits per heavy atom. The van der Waals surface area contributed by atoms with Crippen molar-refractivity contribution < 1.29 is 13.7 Å². The summed E-state index contributed by atoms with van der Waals surface area (Å²) in [6.45, 7) is 0.228. The van der Waals surface area contributed by atoms with Crippen LogP contribution in [-0.2, 0) is 6.54 Å². The van der Waals surface area contributed by atoms with Gasteiger partial charge in [-0.05, 0) is 25.0 Å². The molecule has 1 aromatic heterocycles. The van der Waals surface area contributed by atoms with Crippen LogP contribution >= 0.6 is 0 Å². The van der Waals surface area contributed by atoms with Crippen LogP contribution in [0, 0.1) is 10.1 Å². The number of nitro groups is 1. The molecule has 1 aliphatic carbocycles. The van der Waals surface area contributed by atoms with Gasteiger partial charge in [0.2, 0.25) is 0 Å². The normalized spacial score (nSPS) is 13.9. The van der Waals surface area contributed by atoms with Crippen LogP contribution in [-0.4, -0.2) is 20.9 Å². The number of alkyl halides is 2. The van der Waals surface area contributed by atoms with Crippen LogP contribution in [0.3, 0.4) is 0 Å². The highest BCUT2D eigenvalue weighted by molar-refractivity contribution is 5.89. The van der Waals surface area contributed by atoms with E-state index in [0.717, 1.165) is 12.8 Å². The molecule has 3 aromatic rings. The molecule has 0 bridgehead atoms. The Balaban J connectivity index is 1.83.